The number of rotatable bonds is 10. The molecule has 7 nitrogen and oxygen atoms in total. The summed E-state index contributed by atoms with van der Waals surface area (Å²) in [5.41, 5.74) is 0.788. The average molecular weight is 520 g/mol. The van der Waals surface area contributed by atoms with Crippen LogP contribution in [0.15, 0.2) is 24.3 Å². The molecule has 3 rings (SSSR count). The highest BCUT2D eigenvalue weighted by molar-refractivity contribution is 6.30. The summed E-state index contributed by atoms with van der Waals surface area (Å²) in [4.78, 5) is 31.1. The molecule has 2 amide bonds. The Morgan fingerprint density at radius 2 is 1.92 bits per heavy atom. The first-order valence-corrected chi connectivity index (χ1v) is 13.8. The molecule has 2 heterocycles. The lowest BCUT2D eigenvalue weighted by Gasteiger charge is -2.30. The molecule has 2 saturated heterocycles. The predicted octanol–water partition coefficient (Wildman–Crippen LogP) is 3.06. The third kappa shape index (κ3) is 8.44. The Kier molecular flexibility index (Phi) is 10.2. The summed E-state index contributed by atoms with van der Waals surface area (Å²) in [5.74, 6) is 0.567. The maximum absolute atomic E-state index is 13.8. The van der Waals surface area contributed by atoms with Gasteiger partial charge in [-0.05, 0) is 76.6 Å². The number of hydrogen-bond acceptors (Lipinski definition) is 5. The van der Waals surface area contributed by atoms with Crippen LogP contribution in [0.1, 0.15) is 59.4 Å². The van der Waals surface area contributed by atoms with Crippen LogP contribution in [0, 0.1) is 5.92 Å². The van der Waals surface area contributed by atoms with Crippen molar-refractivity contribution in [1.82, 2.24) is 25.8 Å². The van der Waals surface area contributed by atoms with E-state index in [1.165, 1.54) is 6.42 Å². The molecule has 2 fully saturated rings. The van der Waals surface area contributed by atoms with E-state index in [-0.39, 0.29) is 35.5 Å². The minimum atomic E-state index is -0.334. The highest BCUT2D eigenvalue weighted by atomic mass is 35.5. The first kappa shape index (κ1) is 28.9. The molecular formula is C28H46ClN5O2. The largest absolute Gasteiger partial charge is 0.350 e. The molecule has 2 aliphatic rings. The number of amides is 2. The summed E-state index contributed by atoms with van der Waals surface area (Å²) in [5, 5.41) is 10.9. The molecule has 0 bridgehead atoms. The Morgan fingerprint density at radius 1 is 1.22 bits per heavy atom. The van der Waals surface area contributed by atoms with Gasteiger partial charge in [-0.25, -0.2) is 0 Å². The summed E-state index contributed by atoms with van der Waals surface area (Å²) >= 11 is 6.09. The molecule has 4 atom stereocenters. The van der Waals surface area contributed by atoms with Gasteiger partial charge in [0.05, 0.1) is 12.1 Å². The number of carbonyl (C=O) groups is 2. The molecule has 0 spiro atoms. The van der Waals surface area contributed by atoms with Crippen LogP contribution in [0.25, 0.3) is 0 Å². The van der Waals surface area contributed by atoms with Crippen molar-refractivity contribution in [2.45, 2.75) is 90.0 Å². The Labute approximate surface area is 222 Å². The second-order valence-electron chi connectivity index (χ2n) is 12.0. The number of nitrogens with one attached hydrogen (secondary N) is 3. The van der Waals surface area contributed by atoms with Crippen LogP contribution in [0.2, 0.25) is 5.02 Å². The molecule has 1 aromatic rings. The van der Waals surface area contributed by atoms with Crippen molar-refractivity contribution < 1.29 is 9.59 Å². The van der Waals surface area contributed by atoms with Crippen molar-refractivity contribution in [3.8, 4) is 0 Å². The van der Waals surface area contributed by atoms with Crippen molar-refractivity contribution in [2.75, 3.05) is 33.2 Å². The number of nitrogens with zero attached hydrogens (tertiary/aromatic N) is 2. The predicted molar refractivity (Wildman–Crippen MR) is 147 cm³/mol. The number of carbonyl (C=O) groups excluding carboxylic acids is 2. The van der Waals surface area contributed by atoms with Gasteiger partial charge in [-0.15, -0.1) is 0 Å². The van der Waals surface area contributed by atoms with E-state index in [0.717, 1.165) is 31.6 Å². The quantitative estimate of drug-likeness (QED) is 0.443. The molecule has 0 unspecified atom stereocenters. The molecule has 8 heteroatoms. The second-order valence-corrected chi connectivity index (χ2v) is 12.5. The zero-order valence-corrected chi connectivity index (χ0v) is 23.7. The van der Waals surface area contributed by atoms with Gasteiger partial charge in [-0.2, -0.15) is 0 Å². The molecule has 0 aliphatic carbocycles. The van der Waals surface area contributed by atoms with Crippen LogP contribution >= 0.6 is 11.6 Å². The van der Waals surface area contributed by atoms with Gasteiger partial charge in [0.25, 0.3) is 0 Å². The maximum atomic E-state index is 13.8. The van der Waals surface area contributed by atoms with Crippen molar-refractivity contribution in [3.05, 3.63) is 34.9 Å². The van der Waals surface area contributed by atoms with Crippen LogP contribution in [0.3, 0.4) is 0 Å². The number of halogens is 1. The van der Waals surface area contributed by atoms with Crippen LogP contribution in [-0.4, -0.2) is 84.5 Å². The van der Waals surface area contributed by atoms with E-state index in [1.54, 1.807) is 0 Å². The smallest absolute Gasteiger partial charge is 0.240 e. The number of likely N-dealkylation sites (tertiary alicyclic amines) is 1. The lowest BCUT2D eigenvalue weighted by atomic mass is 10.0. The topological polar surface area (TPSA) is 76.7 Å². The highest BCUT2D eigenvalue weighted by Gasteiger charge is 2.41. The van der Waals surface area contributed by atoms with E-state index in [9.17, 15) is 9.59 Å². The van der Waals surface area contributed by atoms with E-state index in [1.807, 2.05) is 57.0 Å². The van der Waals surface area contributed by atoms with E-state index in [2.05, 4.69) is 34.7 Å². The molecule has 202 valence electrons. The number of benzene rings is 1. The highest BCUT2D eigenvalue weighted by Crippen LogP contribution is 2.25. The molecule has 3 N–H and O–H groups in total. The number of likely N-dealkylation sites (N-methyl/N-ethyl adjacent to an activating group) is 1. The number of hydrogen-bond donors (Lipinski definition) is 3. The summed E-state index contributed by atoms with van der Waals surface area (Å²) in [6.07, 6.45) is 3.55. The van der Waals surface area contributed by atoms with E-state index in [0.29, 0.717) is 36.4 Å². The van der Waals surface area contributed by atoms with Gasteiger partial charge in [0.1, 0.15) is 0 Å². The first-order chi connectivity index (χ1) is 16.9. The van der Waals surface area contributed by atoms with Gasteiger partial charge in [-0.1, -0.05) is 37.6 Å². The molecule has 0 aromatic heterocycles. The average Bonchev–Trinajstić information content (AvgIpc) is 3.45. The van der Waals surface area contributed by atoms with Crippen molar-refractivity contribution in [3.63, 3.8) is 0 Å². The van der Waals surface area contributed by atoms with Gasteiger partial charge < -0.3 is 20.9 Å². The third-order valence-corrected chi connectivity index (χ3v) is 7.35. The fourth-order valence-corrected chi connectivity index (χ4v) is 5.43. The minimum absolute atomic E-state index is 0.00825. The van der Waals surface area contributed by atoms with Crippen molar-refractivity contribution >= 4 is 23.4 Å². The zero-order chi connectivity index (χ0) is 26.5. The monoisotopic (exact) mass is 519 g/mol. The van der Waals surface area contributed by atoms with Gasteiger partial charge in [0.2, 0.25) is 11.8 Å². The van der Waals surface area contributed by atoms with Crippen molar-refractivity contribution in [2.24, 2.45) is 5.92 Å². The zero-order valence-electron chi connectivity index (χ0n) is 22.9. The fraction of sp³-hybridized carbons (Fsp3) is 0.714. The van der Waals surface area contributed by atoms with E-state index < -0.39 is 0 Å². The van der Waals surface area contributed by atoms with Crippen molar-refractivity contribution in [1.29, 1.82) is 0 Å². The standard InChI is InChI=1S/C28H46ClN5O2/c1-19(2)17-34-18-23(15-25(34)26(35)32-28(3,4)5)33(6)27(36)24(31-16-22-8-7-13-30-22)14-20-9-11-21(29)12-10-20/h9-12,19,22-25,30-31H,7-8,13-18H2,1-6H3,(H,32,35)/t22-,23+,24-,25+/m1/s1. The lowest BCUT2D eigenvalue weighted by molar-refractivity contribution is -0.134. The summed E-state index contributed by atoms with van der Waals surface area (Å²) < 4.78 is 0. The third-order valence-electron chi connectivity index (χ3n) is 7.10. The van der Waals surface area contributed by atoms with E-state index >= 15 is 0 Å². The molecule has 0 saturated carbocycles. The van der Waals surface area contributed by atoms with Gasteiger partial charge >= 0.3 is 0 Å². The SMILES string of the molecule is CC(C)CN1C[C@@H](N(C)C(=O)[C@@H](Cc2ccc(Cl)cc2)NC[C@H]2CCCN2)C[C@H]1C(=O)NC(C)(C)C. The Hall–Kier alpha value is -1.67. The normalized spacial score (nSPS) is 23.7. The maximum Gasteiger partial charge on any atom is 0.240 e. The van der Waals surface area contributed by atoms with Crippen LogP contribution in [0.4, 0.5) is 0 Å². The Balaban J connectivity index is 1.72. The lowest BCUT2D eigenvalue weighted by Crippen LogP contribution is -2.52. The minimum Gasteiger partial charge on any atom is -0.350 e. The Bertz CT molecular complexity index is 864. The van der Waals surface area contributed by atoms with Gasteiger partial charge in [0, 0.05) is 49.3 Å². The summed E-state index contributed by atoms with van der Waals surface area (Å²) in [7, 11) is 1.90. The fourth-order valence-electron chi connectivity index (χ4n) is 5.30. The molecule has 36 heavy (non-hydrogen) atoms. The molecule has 0 radical (unpaired) electrons. The van der Waals surface area contributed by atoms with E-state index in [4.69, 9.17) is 11.6 Å². The second kappa shape index (κ2) is 12.7. The van der Waals surface area contributed by atoms with Gasteiger partial charge in [-0.3, -0.25) is 14.5 Å². The first-order valence-electron chi connectivity index (χ1n) is 13.5. The molecule has 1 aromatic carbocycles. The van der Waals surface area contributed by atoms with Crippen LogP contribution < -0.4 is 16.0 Å². The van der Waals surface area contributed by atoms with Crippen LogP contribution in [-0.2, 0) is 16.0 Å². The molecular weight excluding hydrogens is 474 g/mol. The molecule has 2 aliphatic heterocycles. The van der Waals surface area contributed by atoms with Crippen LogP contribution in [0.5, 0.6) is 0 Å². The summed E-state index contributed by atoms with van der Waals surface area (Å²) in [6, 6.07) is 7.56. The van der Waals surface area contributed by atoms with Gasteiger partial charge in [0.15, 0.2) is 0 Å². The Morgan fingerprint density at radius 3 is 2.50 bits per heavy atom. The summed E-state index contributed by atoms with van der Waals surface area (Å²) in [6.45, 7) is 13.7.